The first-order chi connectivity index (χ1) is 15.2. The summed E-state index contributed by atoms with van der Waals surface area (Å²) in [5.41, 5.74) is 1.29. The molecule has 8 heteroatoms. The molecule has 3 aromatic rings. The van der Waals surface area contributed by atoms with E-state index in [1.807, 2.05) is 32.9 Å². The number of amides is 1. The monoisotopic (exact) mass is 440 g/mol. The van der Waals surface area contributed by atoms with Gasteiger partial charge in [0.2, 0.25) is 5.76 Å². The molecule has 2 heterocycles. The molecule has 0 aliphatic rings. The molecule has 0 spiro atoms. The predicted octanol–water partition coefficient (Wildman–Crippen LogP) is 5.04. The lowest BCUT2D eigenvalue weighted by Crippen LogP contribution is -2.37. The summed E-state index contributed by atoms with van der Waals surface area (Å²) in [4.78, 5) is 29.8. The van der Waals surface area contributed by atoms with E-state index in [0.29, 0.717) is 48.4 Å². The Balaban J connectivity index is 1.67. The van der Waals surface area contributed by atoms with Gasteiger partial charge in [0.05, 0.1) is 18.5 Å². The average molecular weight is 440 g/mol. The predicted molar refractivity (Wildman–Crippen MR) is 119 cm³/mol. The van der Waals surface area contributed by atoms with Crippen LogP contribution in [0.3, 0.4) is 0 Å². The molecule has 1 amide bonds. The van der Waals surface area contributed by atoms with Crippen LogP contribution >= 0.6 is 0 Å². The number of nitrogens with zero attached hydrogens (tertiary/aromatic N) is 2. The van der Waals surface area contributed by atoms with Crippen LogP contribution in [0.1, 0.15) is 48.9 Å². The van der Waals surface area contributed by atoms with Crippen molar-refractivity contribution in [3.63, 3.8) is 0 Å². The zero-order chi connectivity index (χ0) is 23.3. The molecule has 0 aliphatic heterocycles. The van der Waals surface area contributed by atoms with Crippen molar-refractivity contribution in [1.82, 2.24) is 9.88 Å². The number of fused-ring (bicyclic) bond motifs is 1. The number of hydrogen-bond acceptors (Lipinski definition) is 6. The van der Waals surface area contributed by atoms with E-state index < -0.39 is 17.7 Å². The van der Waals surface area contributed by atoms with Crippen molar-refractivity contribution in [2.45, 2.75) is 46.3 Å². The Labute approximate surface area is 186 Å². The molecule has 0 unspecified atom stereocenters. The van der Waals surface area contributed by atoms with E-state index >= 15 is 0 Å². The number of aromatic nitrogens is 1. The number of carboxylic acids is 1. The molecule has 0 saturated carbocycles. The topological polar surface area (TPSA) is 102 Å². The lowest BCUT2D eigenvalue weighted by Gasteiger charge is -2.27. The molecule has 0 saturated heterocycles. The third kappa shape index (κ3) is 5.78. The Morgan fingerprint density at radius 1 is 1.19 bits per heavy atom. The van der Waals surface area contributed by atoms with Crippen LogP contribution in [0.25, 0.3) is 11.0 Å². The SMILES string of the molecule is Cc1c(C(=O)O)oc2cccc(OCCCN(Cc3cccnc3)C(=O)OC(C)(C)C)c12. The molecule has 3 rings (SSSR count). The second kappa shape index (κ2) is 9.72. The summed E-state index contributed by atoms with van der Waals surface area (Å²) in [5, 5.41) is 9.94. The second-order valence-corrected chi connectivity index (χ2v) is 8.46. The highest BCUT2D eigenvalue weighted by Crippen LogP contribution is 2.33. The molecule has 170 valence electrons. The first-order valence-electron chi connectivity index (χ1n) is 10.4. The normalized spacial score (nSPS) is 11.4. The van der Waals surface area contributed by atoms with Gasteiger partial charge in [0.15, 0.2) is 0 Å². The highest BCUT2D eigenvalue weighted by Gasteiger charge is 2.23. The quantitative estimate of drug-likeness (QED) is 0.490. The number of pyridine rings is 1. The van der Waals surface area contributed by atoms with E-state index in [4.69, 9.17) is 13.9 Å². The summed E-state index contributed by atoms with van der Waals surface area (Å²) in [6, 6.07) is 8.97. The molecule has 0 aliphatic carbocycles. The lowest BCUT2D eigenvalue weighted by atomic mass is 10.1. The zero-order valence-corrected chi connectivity index (χ0v) is 18.8. The van der Waals surface area contributed by atoms with Gasteiger partial charge in [-0.25, -0.2) is 9.59 Å². The number of aryl methyl sites for hydroxylation is 1. The van der Waals surface area contributed by atoms with Crippen LogP contribution < -0.4 is 4.74 Å². The number of carboxylic acid groups (broad SMARTS) is 1. The maximum atomic E-state index is 12.7. The standard InChI is InChI=1S/C24H28N2O6/c1-16-20-18(9-5-10-19(20)31-21(16)22(27)28)30-13-7-12-26(23(29)32-24(2,3)4)15-17-8-6-11-25-14-17/h5-6,8-11,14H,7,12-13,15H2,1-4H3,(H,27,28). The Kier molecular flexibility index (Phi) is 7.02. The van der Waals surface area contributed by atoms with Gasteiger partial charge in [0, 0.05) is 24.5 Å². The Morgan fingerprint density at radius 2 is 1.97 bits per heavy atom. The first-order valence-corrected chi connectivity index (χ1v) is 10.4. The summed E-state index contributed by atoms with van der Waals surface area (Å²) in [6.45, 7) is 8.31. The van der Waals surface area contributed by atoms with Crippen molar-refractivity contribution in [2.24, 2.45) is 0 Å². The number of rotatable bonds is 8. The van der Waals surface area contributed by atoms with E-state index in [-0.39, 0.29) is 5.76 Å². The number of furan rings is 1. The van der Waals surface area contributed by atoms with Crippen LogP contribution in [0, 0.1) is 6.92 Å². The molecule has 1 aromatic carbocycles. The molecular formula is C24H28N2O6. The van der Waals surface area contributed by atoms with E-state index in [9.17, 15) is 14.7 Å². The van der Waals surface area contributed by atoms with Gasteiger partial charge < -0.3 is 23.9 Å². The molecule has 0 atom stereocenters. The van der Waals surface area contributed by atoms with E-state index in [1.165, 1.54) is 0 Å². The summed E-state index contributed by atoms with van der Waals surface area (Å²) in [7, 11) is 0. The largest absolute Gasteiger partial charge is 0.493 e. The fourth-order valence-corrected chi connectivity index (χ4v) is 3.30. The number of carbonyl (C=O) groups excluding carboxylic acids is 1. The van der Waals surface area contributed by atoms with Gasteiger partial charge in [-0.3, -0.25) is 4.98 Å². The highest BCUT2D eigenvalue weighted by atomic mass is 16.6. The van der Waals surface area contributed by atoms with E-state index in [1.54, 1.807) is 42.4 Å². The molecule has 0 bridgehead atoms. The molecule has 32 heavy (non-hydrogen) atoms. The van der Waals surface area contributed by atoms with Gasteiger partial charge in [-0.2, -0.15) is 0 Å². The summed E-state index contributed by atoms with van der Waals surface area (Å²) < 4.78 is 16.9. The average Bonchev–Trinajstić information content (AvgIpc) is 3.07. The molecule has 8 nitrogen and oxygen atoms in total. The van der Waals surface area contributed by atoms with Crippen molar-refractivity contribution in [3.8, 4) is 5.75 Å². The molecule has 2 aromatic heterocycles. The van der Waals surface area contributed by atoms with Gasteiger partial charge in [-0.05, 0) is 57.9 Å². The van der Waals surface area contributed by atoms with Crippen molar-refractivity contribution in [3.05, 3.63) is 59.6 Å². The van der Waals surface area contributed by atoms with Crippen molar-refractivity contribution >= 4 is 23.0 Å². The molecule has 0 fully saturated rings. The molecule has 1 N–H and O–H groups in total. The Hall–Kier alpha value is -3.55. The third-order valence-electron chi connectivity index (χ3n) is 4.69. The van der Waals surface area contributed by atoms with Gasteiger partial charge in [-0.1, -0.05) is 12.1 Å². The smallest absolute Gasteiger partial charge is 0.410 e. The fraction of sp³-hybridized carbons (Fsp3) is 0.375. The van der Waals surface area contributed by atoms with Gasteiger partial charge >= 0.3 is 12.1 Å². The maximum Gasteiger partial charge on any atom is 0.410 e. The van der Waals surface area contributed by atoms with Gasteiger partial charge in [0.25, 0.3) is 0 Å². The molecule has 0 radical (unpaired) electrons. The maximum absolute atomic E-state index is 12.7. The van der Waals surface area contributed by atoms with Crippen molar-refractivity contribution < 1.29 is 28.6 Å². The third-order valence-corrected chi connectivity index (χ3v) is 4.69. The van der Waals surface area contributed by atoms with E-state index in [2.05, 4.69) is 4.98 Å². The number of carbonyl (C=O) groups is 2. The summed E-state index contributed by atoms with van der Waals surface area (Å²) in [6.07, 6.45) is 3.55. The Bertz CT molecular complexity index is 1090. The van der Waals surface area contributed by atoms with Gasteiger partial charge in [-0.15, -0.1) is 0 Å². The van der Waals surface area contributed by atoms with Crippen LogP contribution in [0.5, 0.6) is 5.75 Å². The van der Waals surface area contributed by atoms with Crippen LogP contribution in [-0.4, -0.2) is 45.8 Å². The van der Waals surface area contributed by atoms with E-state index in [0.717, 1.165) is 5.56 Å². The van der Waals surface area contributed by atoms with Crippen molar-refractivity contribution in [2.75, 3.05) is 13.2 Å². The lowest BCUT2D eigenvalue weighted by molar-refractivity contribution is 0.0225. The minimum atomic E-state index is -1.12. The van der Waals surface area contributed by atoms with Gasteiger partial charge in [0.1, 0.15) is 16.9 Å². The summed E-state index contributed by atoms with van der Waals surface area (Å²) >= 11 is 0. The number of hydrogen-bond donors (Lipinski definition) is 1. The minimum Gasteiger partial charge on any atom is -0.493 e. The fourth-order valence-electron chi connectivity index (χ4n) is 3.30. The van der Waals surface area contributed by atoms with Crippen LogP contribution in [0.15, 0.2) is 47.1 Å². The molecular weight excluding hydrogens is 412 g/mol. The zero-order valence-electron chi connectivity index (χ0n) is 18.8. The van der Waals surface area contributed by atoms with Crippen LogP contribution in [0.2, 0.25) is 0 Å². The number of benzene rings is 1. The van der Waals surface area contributed by atoms with Crippen LogP contribution in [0.4, 0.5) is 4.79 Å². The number of aromatic carboxylic acids is 1. The van der Waals surface area contributed by atoms with Crippen molar-refractivity contribution in [1.29, 1.82) is 0 Å². The minimum absolute atomic E-state index is 0.0939. The first kappa shape index (κ1) is 23.1. The number of ether oxygens (including phenoxy) is 2. The Morgan fingerprint density at radius 3 is 2.62 bits per heavy atom. The summed E-state index contributed by atoms with van der Waals surface area (Å²) in [5.74, 6) is -0.663. The second-order valence-electron chi connectivity index (χ2n) is 8.46. The highest BCUT2D eigenvalue weighted by molar-refractivity contribution is 5.97. The van der Waals surface area contributed by atoms with Crippen LogP contribution in [-0.2, 0) is 11.3 Å².